The van der Waals surface area contributed by atoms with Crippen molar-refractivity contribution in [2.45, 2.75) is 27.2 Å². The van der Waals surface area contributed by atoms with E-state index in [9.17, 15) is 9.59 Å². The van der Waals surface area contributed by atoms with Crippen molar-refractivity contribution in [3.8, 4) is 0 Å². The number of anilines is 1. The molecule has 6 heteroatoms. The van der Waals surface area contributed by atoms with Crippen molar-refractivity contribution in [2.24, 2.45) is 5.92 Å². The number of carboxylic acids is 1. The van der Waals surface area contributed by atoms with E-state index >= 15 is 0 Å². The Labute approximate surface area is 110 Å². The van der Waals surface area contributed by atoms with Crippen LogP contribution < -0.4 is 4.90 Å². The van der Waals surface area contributed by atoms with Gasteiger partial charge in [-0.1, -0.05) is 25.2 Å². The van der Waals surface area contributed by atoms with Crippen LogP contribution in [-0.2, 0) is 0 Å². The molecule has 0 fully saturated rings. The first-order valence-electron chi connectivity index (χ1n) is 5.79. The van der Waals surface area contributed by atoms with Gasteiger partial charge in [-0.05, 0) is 12.3 Å². The van der Waals surface area contributed by atoms with Gasteiger partial charge in [0, 0.05) is 20.5 Å². The Morgan fingerprint density at radius 3 is 2.44 bits per heavy atom. The Morgan fingerprint density at radius 2 is 2.06 bits per heavy atom. The fraction of sp³-hybridized carbons (Fsp3) is 0.583. The van der Waals surface area contributed by atoms with Crippen molar-refractivity contribution >= 4 is 28.2 Å². The predicted molar refractivity (Wildman–Crippen MR) is 71.8 cm³/mol. The molecule has 0 unspecified atom stereocenters. The number of aromatic carboxylic acids is 1. The molecule has 1 heterocycles. The summed E-state index contributed by atoms with van der Waals surface area (Å²) < 4.78 is 0. The minimum absolute atomic E-state index is 0.140. The third-order valence-corrected chi connectivity index (χ3v) is 3.78. The summed E-state index contributed by atoms with van der Waals surface area (Å²) in [6, 6.07) is 0. The maximum atomic E-state index is 11.4. The lowest BCUT2D eigenvalue weighted by Gasteiger charge is -2.16. The summed E-state index contributed by atoms with van der Waals surface area (Å²) in [7, 11) is 1.86. The molecule has 0 radical (unpaired) electrons. The maximum Gasteiger partial charge on any atom is 0.356 e. The molecule has 0 spiro atoms. The third-order valence-electron chi connectivity index (χ3n) is 2.51. The number of nitrogens with zero attached hydrogens (tertiary/aromatic N) is 2. The summed E-state index contributed by atoms with van der Waals surface area (Å²) in [5.41, 5.74) is -0.140. The minimum Gasteiger partial charge on any atom is -0.476 e. The monoisotopic (exact) mass is 270 g/mol. The SMILES string of the molecule is CC(=O)c1sc(N(C)CCC(C)C)nc1C(=O)O. The van der Waals surface area contributed by atoms with Gasteiger partial charge in [-0.3, -0.25) is 4.79 Å². The highest BCUT2D eigenvalue weighted by atomic mass is 32.1. The van der Waals surface area contributed by atoms with Gasteiger partial charge in [0.15, 0.2) is 16.6 Å². The topological polar surface area (TPSA) is 70.5 Å². The summed E-state index contributed by atoms with van der Waals surface area (Å²) in [6.45, 7) is 6.40. The molecule has 0 aliphatic heterocycles. The zero-order chi connectivity index (χ0) is 13.9. The van der Waals surface area contributed by atoms with Crippen molar-refractivity contribution in [3.63, 3.8) is 0 Å². The van der Waals surface area contributed by atoms with E-state index in [-0.39, 0.29) is 16.4 Å². The Morgan fingerprint density at radius 1 is 1.44 bits per heavy atom. The van der Waals surface area contributed by atoms with Crippen LogP contribution in [0.15, 0.2) is 0 Å². The number of aromatic nitrogens is 1. The average molecular weight is 270 g/mol. The summed E-state index contributed by atoms with van der Waals surface area (Å²) in [6.07, 6.45) is 0.994. The van der Waals surface area contributed by atoms with Gasteiger partial charge in [0.25, 0.3) is 0 Å². The molecule has 1 N–H and O–H groups in total. The van der Waals surface area contributed by atoms with E-state index < -0.39 is 5.97 Å². The van der Waals surface area contributed by atoms with Crippen molar-refractivity contribution in [2.75, 3.05) is 18.5 Å². The van der Waals surface area contributed by atoms with Gasteiger partial charge in [0.05, 0.1) is 0 Å². The maximum absolute atomic E-state index is 11.4. The summed E-state index contributed by atoms with van der Waals surface area (Å²) >= 11 is 1.14. The quantitative estimate of drug-likeness (QED) is 0.804. The molecular formula is C12H18N2O3S. The number of carboxylic acid groups (broad SMARTS) is 1. The van der Waals surface area contributed by atoms with Gasteiger partial charge >= 0.3 is 5.97 Å². The first kappa shape index (κ1) is 14.6. The normalized spacial score (nSPS) is 10.7. The molecule has 100 valence electrons. The molecule has 0 aliphatic carbocycles. The molecule has 18 heavy (non-hydrogen) atoms. The van der Waals surface area contributed by atoms with Gasteiger partial charge in [0.2, 0.25) is 0 Å². The minimum atomic E-state index is -1.15. The lowest BCUT2D eigenvalue weighted by Crippen LogP contribution is -2.19. The molecule has 0 amide bonds. The number of Topliss-reactive ketones (excluding diaryl/α,β-unsaturated/α-hetero) is 1. The number of ketones is 1. The van der Waals surface area contributed by atoms with Gasteiger partial charge in [-0.15, -0.1) is 0 Å². The lowest BCUT2D eigenvalue weighted by atomic mass is 10.1. The standard InChI is InChI=1S/C12H18N2O3S/c1-7(2)5-6-14(4)12-13-9(11(16)17)10(18-12)8(3)15/h7H,5-6H2,1-4H3,(H,16,17). The molecule has 0 aromatic carbocycles. The molecular weight excluding hydrogens is 252 g/mol. The fourth-order valence-corrected chi connectivity index (χ4v) is 2.34. The van der Waals surface area contributed by atoms with Crippen molar-refractivity contribution in [3.05, 3.63) is 10.6 Å². The van der Waals surface area contributed by atoms with Gasteiger partial charge in [0.1, 0.15) is 4.88 Å². The summed E-state index contributed by atoms with van der Waals surface area (Å²) in [5, 5.41) is 9.58. The first-order valence-corrected chi connectivity index (χ1v) is 6.60. The second kappa shape index (κ2) is 5.95. The predicted octanol–water partition coefficient (Wildman–Crippen LogP) is 2.53. The number of carbonyl (C=O) groups is 2. The zero-order valence-corrected chi connectivity index (χ0v) is 11.9. The second-order valence-corrected chi connectivity index (χ2v) is 5.62. The van der Waals surface area contributed by atoms with E-state index in [1.165, 1.54) is 6.92 Å². The van der Waals surface area contributed by atoms with Crippen LogP contribution >= 0.6 is 11.3 Å². The first-order chi connectivity index (χ1) is 8.32. The number of hydrogen-bond acceptors (Lipinski definition) is 5. The van der Waals surface area contributed by atoms with Crippen LogP contribution in [0.1, 0.15) is 47.4 Å². The largest absolute Gasteiger partial charge is 0.476 e. The average Bonchev–Trinajstić information content (AvgIpc) is 2.70. The molecule has 1 aromatic heterocycles. The molecule has 0 saturated heterocycles. The van der Waals surface area contributed by atoms with Crippen molar-refractivity contribution in [1.82, 2.24) is 4.98 Å². The number of carbonyl (C=O) groups excluding carboxylic acids is 1. The Hall–Kier alpha value is -1.43. The van der Waals surface area contributed by atoms with Crippen LogP contribution in [0, 0.1) is 5.92 Å². The van der Waals surface area contributed by atoms with Crippen LogP contribution in [0.2, 0.25) is 0 Å². The highest BCUT2D eigenvalue weighted by Crippen LogP contribution is 2.26. The Kier molecular flexibility index (Phi) is 4.84. The van der Waals surface area contributed by atoms with E-state index in [4.69, 9.17) is 5.11 Å². The van der Waals surface area contributed by atoms with Crippen LogP contribution in [0.5, 0.6) is 0 Å². The molecule has 0 aliphatic rings. The van der Waals surface area contributed by atoms with E-state index in [0.717, 1.165) is 24.3 Å². The van der Waals surface area contributed by atoms with Crippen molar-refractivity contribution < 1.29 is 14.7 Å². The van der Waals surface area contributed by atoms with Crippen LogP contribution in [0.25, 0.3) is 0 Å². The third kappa shape index (κ3) is 3.53. The van der Waals surface area contributed by atoms with E-state index in [1.807, 2.05) is 11.9 Å². The van der Waals surface area contributed by atoms with Crippen LogP contribution in [-0.4, -0.2) is 35.4 Å². The van der Waals surface area contributed by atoms with Crippen molar-refractivity contribution in [1.29, 1.82) is 0 Å². The Bertz CT molecular complexity index is 423. The molecule has 0 bridgehead atoms. The second-order valence-electron chi connectivity index (χ2n) is 4.64. The molecule has 0 atom stereocenters. The van der Waals surface area contributed by atoms with E-state index in [2.05, 4.69) is 18.8 Å². The smallest absolute Gasteiger partial charge is 0.356 e. The fourth-order valence-electron chi connectivity index (χ4n) is 1.40. The summed E-state index contributed by atoms with van der Waals surface area (Å²) in [4.78, 5) is 28.5. The molecule has 1 rings (SSSR count). The lowest BCUT2D eigenvalue weighted by molar-refractivity contribution is 0.0687. The zero-order valence-electron chi connectivity index (χ0n) is 11.1. The van der Waals surface area contributed by atoms with E-state index in [1.54, 1.807) is 0 Å². The van der Waals surface area contributed by atoms with E-state index in [0.29, 0.717) is 11.0 Å². The highest BCUT2D eigenvalue weighted by Gasteiger charge is 2.21. The number of thiazole rings is 1. The molecule has 5 nitrogen and oxygen atoms in total. The molecule has 1 aromatic rings. The molecule has 0 saturated carbocycles. The van der Waals surface area contributed by atoms with Crippen LogP contribution in [0.3, 0.4) is 0 Å². The number of rotatable bonds is 6. The van der Waals surface area contributed by atoms with Crippen LogP contribution in [0.4, 0.5) is 5.13 Å². The van der Waals surface area contributed by atoms with Gasteiger partial charge < -0.3 is 10.0 Å². The Balaban J connectivity index is 2.93. The van der Waals surface area contributed by atoms with Gasteiger partial charge in [-0.2, -0.15) is 0 Å². The number of hydrogen-bond donors (Lipinski definition) is 1. The summed E-state index contributed by atoms with van der Waals surface area (Å²) in [5.74, 6) is -0.841. The highest BCUT2D eigenvalue weighted by molar-refractivity contribution is 7.17. The van der Waals surface area contributed by atoms with Gasteiger partial charge in [-0.25, -0.2) is 9.78 Å².